The fraction of sp³-hybridized carbons (Fsp3) is 0.364. The molecular weight excluding hydrogens is 210 g/mol. The van der Waals surface area contributed by atoms with Gasteiger partial charge in [-0.1, -0.05) is 0 Å². The molecule has 0 unspecified atom stereocenters. The van der Waals surface area contributed by atoms with Crippen molar-refractivity contribution in [3.63, 3.8) is 0 Å². The molecule has 0 aromatic carbocycles. The van der Waals surface area contributed by atoms with Crippen LogP contribution in [0.5, 0.6) is 0 Å². The largest absolute Gasteiger partial charge is 0.481 e. The van der Waals surface area contributed by atoms with E-state index in [0.29, 0.717) is 5.70 Å². The molecule has 0 saturated heterocycles. The van der Waals surface area contributed by atoms with Crippen LogP contribution in [0.4, 0.5) is 0 Å². The van der Waals surface area contributed by atoms with Gasteiger partial charge in [-0.25, -0.2) is 4.90 Å². The number of carboxylic acids is 1. The standard InChI is InChI=1S/C11H13NO4/c1-7(6-11(2,3)10(15)16)12-8(13)4-5-9(12)14/h4-6H,1-3H3,(H,15,16)/b7-6+. The highest BCUT2D eigenvalue weighted by Gasteiger charge is 2.29. The van der Waals surface area contributed by atoms with Crippen LogP contribution >= 0.6 is 0 Å². The predicted molar refractivity (Wildman–Crippen MR) is 56.2 cm³/mol. The number of rotatable bonds is 3. The molecular formula is C11H13NO4. The lowest BCUT2D eigenvalue weighted by atomic mass is 9.92. The molecule has 2 amide bonds. The zero-order valence-corrected chi connectivity index (χ0v) is 9.35. The van der Waals surface area contributed by atoms with Crippen molar-refractivity contribution in [1.29, 1.82) is 0 Å². The van der Waals surface area contributed by atoms with Crippen LogP contribution in [0.3, 0.4) is 0 Å². The molecule has 5 heteroatoms. The molecule has 86 valence electrons. The molecule has 0 radical (unpaired) electrons. The first kappa shape index (κ1) is 12.2. The Morgan fingerprint density at radius 1 is 1.31 bits per heavy atom. The SMILES string of the molecule is C/C(=C\C(C)(C)C(=O)O)N1C(=O)C=CC1=O. The second kappa shape index (κ2) is 3.92. The van der Waals surface area contributed by atoms with Crippen LogP contribution in [0.1, 0.15) is 20.8 Å². The highest BCUT2D eigenvalue weighted by Crippen LogP contribution is 2.22. The maximum Gasteiger partial charge on any atom is 0.313 e. The number of carbonyl (C=O) groups is 3. The number of hydrogen-bond donors (Lipinski definition) is 1. The van der Waals surface area contributed by atoms with Gasteiger partial charge in [0, 0.05) is 17.8 Å². The summed E-state index contributed by atoms with van der Waals surface area (Å²) in [5, 5.41) is 8.92. The van der Waals surface area contributed by atoms with Crippen LogP contribution < -0.4 is 0 Å². The second-order valence-electron chi connectivity index (χ2n) is 4.16. The Morgan fingerprint density at radius 3 is 2.12 bits per heavy atom. The van der Waals surface area contributed by atoms with Gasteiger partial charge in [0.15, 0.2) is 0 Å². The topological polar surface area (TPSA) is 74.7 Å². The van der Waals surface area contributed by atoms with E-state index in [0.717, 1.165) is 17.1 Å². The van der Waals surface area contributed by atoms with E-state index in [1.807, 2.05) is 0 Å². The third-order valence-corrected chi connectivity index (χ3v) is 2.28. The lowest BCUT2D eigenvalue weighted by Crippen LogP contribution is -2.30. The summed E-state index contributed by atoms with van der Waals surface area (Å²) in [7, 11) is 0. The summed E-state index contributed by atoms with van der Waals surface area (Å²) in [5.74, 6) is -1.90. The average molecular weight is 223 g/mol. The van der Waals surface area contributed by atoms with Gasteiger partial charge in [-0.3, -0.25) is 14.4 Å². The molecule has 0 bridgehead atoms. The van der Waals surface area contributed by atoms with E-state index in [9.17, 15) is 14.4 Å². The Balaban J connectivity index is 2.99. The summed E-state index contributed by atoms with van der Waals surface area (Å²) < 4.78 is 0. The van der Waals surface area contributed by atoms with E-state index in [2.05, 4.69) is 0 Å². The minimum absolute atomic E-state index is 0.326. The van der Waals surface area contributed by atoms with Gasteiger partial charge in [0.2, 0.25) is 0 Å². The van der Waals surface area contributed by atoms with Crippen molar-refractivity contribution < 1.29 is 19.5 Å². The predicted octanol–water partition coefficient (Wildman–Crippen LogP) is 0.926. The van der Waals surface area contributed by atoms with Crippen molar-refractivity contribution in [2.45, 2.75) is 20.8 Å². The fourth-order valence-electron chi connectivity index (χ4n) is 1.40. The Labute approximate surface area is 93.0 Å². The molecule has 0 fully saturated rings. The van der Waals surface area contributed by atoms with Crippen molar-refractivity contribution in [2.75, 3.05) is 0 Å². The van der Waals surface area contributed by atoms with Crippen LogP contribution in [0.25, 0.3) is 0 Å². The number of hydrogen-bond acceptors (Lipinski definition) is 3. The first-order valence-electron chi connectivity index (χ1n) is 4.74. The van der Waals surface area contributed by atoms with Crippen molar-refractivity contribution >= 4 is 17.8 Å². The molecule has 1 aliphatic rings. The van der Waals surface area contributed by atoms with E-state index >= 15 is 0 Å². The number of carbonyl (C=O) groups excluding carboxylic acids is 2. The highest BCUT2D eigenvalue weighted by molar-refractivity contribution is 6.14. The van der Waals surface area contributed by atoms with Crippen LogP contribution in [0.2, 0.25) is 0 Å². The maximum absolute atomic E-state index is 11.3. The van der Waals surface area contributed by atoms with Crippen molar-refractivity contribution in [1.82, 2.24) is 4.90 Å². The van der Waals surface area contributed by atoms with Crippen molar-refractivity contribution in [3.05, 3.63) is 23.9 Å². The van der Waals surface area contributed by atoms with Crippen LogP contribution in [0, 0.1) is 5.41 Å². The van der Waals surface area contributed by atoms with Gasteiger partial charge in [-0.15, -0.1) is 0 Å². The van der Waals surface area contributed by atoms with E-state index < -0.39 is 23.2 Å². The normalized spacial score (nSPS) is 17.2. The van der Waals surface area contributed by atoms with Gasteiger partial charge in [0.1, 0.15) is 0 Å². The van der Waals surface area contributed by atoms with Crippen LogP contribution in [-0.2, 0) is 14.4 Å². The van der Waals surface area contributed by atoms with E-state index in [1.165, 1.54) is 26.8 Å². The second-order valence-corrected chi connectivity index (χ2v) is 4.16. The number of carboxylic acid groups (broad SMARTS) is 1. The summed E-state index contributed by atoms with van der Waals surface area (Å²) in [6.45, 7) is 4.53. The van der Waals surface area contributed by atoms with E-state index in [1.54, 1.807) is 0 Å². The molecule has 0 aromatic rings. The molecule has 0 spiro atoms. The summed E-state index contributed by atoms with van der Waals surface area (Å²) >= 11 is 0. The third kappa shape index (κ3) is 2.18. The quantitative estimate of drug-likeness (QED) is 0.722. The van der Waals surface area contributed by atoms with E-state index in [4.69, 9.17) is 5.11 Å². The Kier molecular flexibility index (Phi) is 2.98. The van der Waals surface area contributed by atoms with Crippen molar-refractivity contribution in [2.24, 2.45) is 5.41 Å². The maximum atomic E-state index is 11.3. The average Bonchev–Trinajstić information content (AvgIpc) is 2.44. The molecule has 1 heterocycles. The minimum atomic E-state index is -1.12. The molecule has 0 atom stereocenters. The smallest absolute Gasteiger partial charge is 0.313 e. The van der Waals surface area contributed by atoms with Gasteiger partial charge in [0.25, 0.3) is 11.8 Å². The van der Waals surface area contributed by atoms with Crippen LogP contribution in [-0.4, -0.2) is 27.8 Å². The Hall–Kier alpha value is -1.91. The number of allylic oxidation sites excluding steroid dienone is 1. The monoisotopic (exact) mass is 223 g/mol. The number of amides is 2. The lowest BCUT2D eigenvalue weighted by Gasteiger charge is -2.20. The fourth-order valence-corrected chi connectivity index (χ4v) is 1.40. The number of imide groups is 1. The lowest BCUT2D eigenvalue weighted by molar-refractivity contribution is -0.144. The molecule has 16 heavy (non-hydrogen) atoms. The molecule has 0 aromatic heterocycles. The molecule has 0 aliphatic carbocycles. The van der Waals surface area contributed by atoms with Crippen molar-refractivity contribution in [3.8, 4) is 0 Å². The first-order chi connectivity index (χ1) is 7.25. The molecule has 1 aliphatic heterocycles. The van der Waals surface area contributed by atoms with Gasteiger partial charge >= 0.3 is 5.97 Å². The van der Waals surface area contributed by atoms with E-state index in [-0.39, 0.29) is 0 Å². The summed E-state index contributed by atoms with van der Waals surface area (Å²) in [4.78, 5) is 34.5. The third-order valence-electron chi connectivity index (χ3n) is 2.28. The summed E-state index contributed by atoms with van der Waals surface area (Å²) in [5.41, 5.74) is -0.792. The molecule has 5 nitrogen and oxygen atoms in total. The van der Waals surface area contributed by atoms with Gasteiger partial charge in [0.05, 0.1) is 5.41 Å². The zero-order chi connectivity index (χ0) is 12.5. The van der Waals surface area contributed by atoms with Gasteiger partial charge in [-0.2, -0.15) is 0 Å². The minimum Gasteiger partial charge on any atom is -0.481 e. The Morgan fingerprint density at radius 2 is 1.75 bits per heavy atom. The summed E-state index contributed by atoms with van der Waals surface area (Å²) in [6.07, 6.45) is 3.71. The molecule has 1 rings (SSSR count). The Bertz CT molecular complexity index is 400. The zero-order valence-electron chi connectivity index (χ0n) is 9.35. The molecule has 0 saturated carbocycles. The molecule has 1 N–H and O–H groups in total. The first-order valence-corrected chi connectivity index (χ1v) is 4.74. The number of aliphatic carboxylic acids is 1. The van der Waals surface area contributed by atoms with Gasteiger partial charge < -0.3 is 5.11 Å². The summed E-state index contributed by atoms with van der Waals surface area (Å²) in [6, 6.07) is 0. The number of nitrogens with zero attached hydrogens (tertiary/aromatic N) is 1. The highest BCUT2D eigenvalue weighted by atomic mass is 16.4. The van der Waals surface area contributed by atoms with Crippen LogP contribution in [0.15, 0.2) is 23.9 Å². The van der Waals surface area contributed by atoms with Gasteiger partial charge in [-0.05, 0) is 26.8 Å².